The van der Waals surface area contributed by atoms with E-state index in [4.69, 9.17) is 39.7 Å². The van der Waals surface area contributed by atoms with Crippen LogP contribution >= 0.6 is 11.8 Å². The van der Waals surface area contributed by atoms with Crippen molar-refractivity contribution in [3.63, 3.8) is 0 Å². The molecule has 2 amide bonds. The van der Waals surface area contributed by atoms with Gasteiger partial charge in [-0.05, 0) is 31.0 Å². The zero-order chi connectivity index (χ0) is 46.1. The minimum Gasteiger partial charge on any atom is -0.463 e. The largest absolute Gasteiger partial charge is 0.463 e. The number of rotatable bonds is 18. The summed E-state index contributed by atoms with van der Waals surface area (Å²) in [5, 5.41) is 6.11. The first-order chi connectivity index (χ1) is 30.6. The minimum atomic E-state index is -1.64. The van der Waals surface area contributed by atoms with Gasteiger partial charge < -0.3 is 39.5 Å². The van der Waals surface area contributed by atoms with Crippen LogP contribution in [0.25, 0.3) is 10.4 Å². The molecule has 64 heavy (non-hydrogen) atoms. The number of ether oxygens (including phenoxy) is 6. The number of nitrogens with two attached hydrogens (primary N) is 1. The highest BCUT2D eigenvalue weighted by Crippen LogP contribution is 2.32. The lowest BCUT2D eigenvalue weighted by molar-refractivity contribution is -0.155. The fraction of sp³-hybridized carbons (Fsp3) is 0.568. The van der Waals surface area contributed by atoms with Gasteiger partial charge in [0, 0.05) is 60.5 Å². The van der Waals surface area contributed by atoms with Crippen LogP contribution in [0.3, 0.4) is 0 Å². The van der Waals surface area contributed by atoms with Crippen molar-refractivity contribution in [2.75, 3.05) is 31.3 Å². The van der Waals surface area contributed by atoms with Crippen LogP contribution in [-0.4, -0.2) is 127 Å². The Morgan fingerprint density at radius 2 is 1.73 bits per heavy atom. The molecule has 3 unspecified atom stereocenters. The summed E-state index contributed by atoms with van der Waals surface area (Å²) in [5.74, 6) is -4.18. The Balaban J connectivity index is 1.01. The number of hydrogen-bond acceptors (Lipinski definition) is 19. The molecule has 27 heteroatoms. The lowest BCUT2D eigenvalue weighted by atomic mass is 10.1. The average molecular weight is 919 g/mol. The first kappa shape index (κ1) is 47.1. The fourth-order valence-corrected chi connectivity index (χ4v) is 7.89. The zero-order valence-corrected chi connectivity index (χ0v) is 34.8. The van der Waals surface area contributed by atoms with Crippen molar-refractivity contribution >= 4 is 53.1 Å². The molecular formula is C37H43FN10O15S. The van der Waals surface area contributed by atoms with Crippen LogP contribution in [0.5, 0.6) is 0 Å². The number of nitrogens with zero attached hydrogens (tertiary/aromatic N) is 7. The molecule has 4 N–H and O–H groups in total. The summed E-state index contributed by atoms with van der Waals surface area (Å²) in [6.07, 6.45) is -3.91. The summed E-state index contributed by atoms with van der Waals surface area (Å²) in [7, 11) is 0. The molecule has 25 nitrogen and oxygen atoms in total. The van der Waals surface area contributed by atoms with Crippen LogP contribution < -0.4 is 28.0 Å². The quantitative estimate of drug-likeness (QED) is 0.0431. The molecule has 0 aromatic carbocycles. The number of alkyl halides is 1. The van der Waals surface area contributed by atoms with Gasteiger partial charge in [0.2, 0.25) is 11.8 Å². The van der Waals surface area contributed by atoms with Gasteiger partial charge in [-0.2, -0.15) is 4.98 Å². The number of esters is 3. The lowest BCUT2D eigenvalue weighted by Gasteiger charge is -2.27. The van der Waals surface area contributed by atoms with E-state index in [0.29, 0.717) is 5.75 Å². The average Bonchev–Trinajstić information content (AvgIpc) is 3.99. The molecule has 9 atom stereocenters. The monoisotopic (exact) mass is 918 g/mol. The Morgan fingerprint density at radius 1 is 1.00 bits per heavy atom. The Hall–Kier alpha value is -6.41. The topological polar surface area (TPSA) is 338 Å². The Kier molecular flexibility index (Phi) is 15.7. The van der Waals surface area contributed by atoms with Gasteiger partial charge in [-0.15, -0.1) is 11.8 Å². The van der Waals surface area contributed by atoms with E-state index in [1.54, 1.807) is 0 Å². The second-order valence-electron chi connectivity index (χ2n) is 14.8. The molecule has 0 aliphatic carbocycles. The van der Waals surface area contributed by atoms with Crippen molar-refractivity contribution < 1.29 is 61.6 Å². The lowest BCUT2D eigenvalue weighted by Crippen LogP contribution is -2.43. The third-order valence-electron chi connectivity index (χ3n) is 10.3. The highest BCUT2D eigenvalue weighted by Gasteiger charge is 2.41. The SMILES string of the molecule is Cc1cn([C@@H]2C[C@@H](F)[C@H](COC(=O)CCC(=O)N[C@@H](CCC(=O)OCC3OC(N4C=CC(=O)CC4=O)CC3N=[N+]=[N-])C(=O)OC[C@@H]3O[C@H](n4ccc(N)nc4=O)CS3)O2)c(=O)[nH]c1=O. The van der Waals surface area contributed by atoms with Crippen LogP contribution in [0.15, 0.2) is 50.2 Å². The summed E-state index contributed by atoms with van der Waals surface area (Å²) in [4.78, 5) is 122. The number of halogens is 1. The van der Waals surface area contributed by atoms with E-state index in [9.17, 15) is 47.5 Å². The van der Waals surface area contributed by atoms with Gasteiger partial charge in [0.1, 0.15) is 74.2 Å². The maximum absolute atomic E-state index is 14.8. The maximum atomic E-state index is 14.8. The molecule has 0 spiro atoms. The van der Waals surface area contributed by atoms with Gasteiger partial charge in [0.05, 0.1) is 18.9 Å². The first-order valence-electron chi connectivity index (χ1n) is 19.8. The van der Waals surface area contributed by atoms with E-state index < -0.39 is 134 Å². The number of azide groups is 1. The summed E-state index contributed by atoms with van der Waals surface area (Å²) in [6, 6.07) is -0.891. The number of thioether (sulfide) groups is 1. The van der Waals surface area contributed by atoms with Gasteiger partial charge in [0.25, 0.3) is 5.56 Å². The zero-order valence-electron chi connectivity index (χ0n) is 34.0. The van der Waals surface area contributed by atoms with E-state index in [0.717, 1.165) is 4.57 Å². The van der Waals surface area contributed by atoms with Crippen molar-refractivity contribution in [3.05, 3.63) is 78.1 Å². The van der Waals surface area contributed by atoms with Crippen molar-refractivity contribution in [1.82, 2.24) is 29.3 Å². The highest BCUT2D eigenvalue weighted by molar-refractivity contribution is 8.00. The van der Waals surface area contributed by atoms with Gasteiger partial charge in [0.15, 0.2) is 5.78 Å². The number of hydrogen-bond donors (Lipinski definition) is 3. The number of aromatic nitrogens is 4. The van der Waals surface area contributed by atoms with Crippen molar-refractivity contribution in [2.45, 2.75) is 106 Å². The van der Waals surface area contributed by atoms with E-state index in [-0.39, 0.29) is 49.5 Å². The molecule has 3 saturated heterocycles. The molecule has 0 bridgehead atoms. The molecule has 0 saturated carbocycles. The molecular weight excluding hydrogens is 876 g/mol. The van der Waals surface area contributed by atoms with Crippen molar-refractivity contribution in [3.8, 4) is 0 Å². The van der Waals surface area contributed by atoms with Gasteiger partial charge in [-0.25, -0.2) is 18.8 Å². The number of H-pyrrole nitrogens is 1. The number of carbonyl (C=O) groups excluding carboxylic acids is 6. The number of amides is 2. The molecule has 344 valence electrons. The number of anilines is 1. The predicted molar refractivity (Wildman–Crippen MR) is 214 cm³/mol. The van der Waals surface area contributed by atoms with Crippen LogP contribution in [0.1, 0.15) is 63.0 Å². The molecule has 3 fully saturated rings. The molecule has 2 aromatic heterocycles. The number of aromatic amines is 1. The third kappa shape index (κ3) is 12.2. The number of nitrogen functional groups attached to an aromatic ring is 1. The number of allylic oxidation sites excluding steroid dienone is 1. The van der Waals surface area contributed by atoms with Crippen LogP contribution in [0.4, 0.5) is 10.2 Å². The number of carbonyl (C=O) groups is 6. The molecule has 0 radical (unpaired) electrons. The van der Waals surface area contributed by atoms with E-state index in [1.807, 2.05) is 0 Å². The van der Waals surface area contributed by atoms with Crippen LogP contribution in [0, 0.1) is 6.92 Å². The van der Waals surface area contributed by atoms with Crippen molar-refractivity contribution in [1.29, 1.82) is 0 Å². The smallest absolute Gasteiger partial charge is 0.351 e. The summed E-state index contributed by atoms with van der Waals surface area (Å²) in [5.41, 5.74) is 12.0. The van der Waals surface area contributed by atoms with Crippen LogP contribution in [0.2, 0.25) is 0 Å². The van der Waals surface area contributed by atoms with Crippen LogP contribution in [-0.2, 0) is 57.2 Å². The molecule has 2 aromatic rings. The Bertz CT molecular complexity index is 2390. The van der Waals surface area contributed by atoms with Gasteiger partial charge in [-0.3, -0.25) is 47.8 Å². The number of ketones is 1. The van der Waals surface area contributed by atoms with Gasteiger partial charge >= 0.3 is 29.3 Å². The number of nitrogens with one attached hydrogen (secondary N) is 2. The molecule has 6 heterocycles. The van der Waals surface area contributed by atoms with E-state index in [2.05, 4.69) is 25.3 Å². The fourth-order valence-electron chi connectivity index (χ4n) is 6.90. The normalized spacial score (nSPS) is 25.7. The maximum Gasteiger partial charge on any atom is 0.351 e. The second-order valence-corrected chi connectivity index (χ2v) is 16.0. The van der Waals surface area contributed by atoms with E-state index in [1.165, 1.54) is 58.9 Å². The minimum absolute atomic E-state index is 0.0221. The molecule has 6 rings (SSSR count). The summed E-state index contributed by atoms with van der Waals surface area (Å²) in [6.45, 7) is 0.152. The van der Waals surface area contributed by atoms with Gasteiger partial charge in [-0.1, -0.05) is 5.11 Å². The highest BCUT2D eigenvalue weighted by atomic mass is 32.2. The number of aryl methyl sites for hydroxylation is 1. The third-order valence-corrected chi connectivity index (χ3v) is 11.4. The molecule has 4 aliphatic rings. The standard InChI is InChI=1S/C37H43FN10O15S/c1-18-13-48(37(57)43-34(18)54)28-11-20(38)23(61-28)14-58-32(53)5-3-26(50)41-21(35(55)60-16-33-63-30(17-64-33)47-9-7-25(39)42-36(47)56)2-4-31(52)59-15-24-22(44-45-40)12-29(62-24)46-8-6-19(49)10-27(46)51/h6-9,13,20-24,28-30,33H,2-5,10-12,14-17H2,1H3,(H,41,50)(H2,39,42,56)(H,43,54,57)/t20-,21+,22?,23+,24?,28+,29?,30+,33-/m1/s1. The van der Waals surface area contributed by atoms with E-state index >= 15 is 0 Å². The Labute approximate surface area is 364 Å². The summed E-state index contributed by atoms with van der Waals surface area (Å²) < 4.78 is 50.2. The first-order valence-corrected chi connectivity index (χ1v) is 20.9. The predicted octanol–water partition coefficient (Wildman–Crippen LogP) is -0.318. The van der Waals surface area contributed by atoms with Crippen molar-refractivity contribution in [2.24, 2.45) is 5.11 Å². The Morgan fingerprint density at radius 3 is 2.47 bits per heavy atom. The summed E-state index contributed by atoms with van der Waals surface area (Å²) >= 11 is 1.23. The second kappa shape index (κ2) is 21.3. The molecule has 4 aliphatic heterocycles.